The maximum atomic E-state index is 12.3. The van der Waals surface area contributed by atoms with E-state index in [-0.39, 0.29) is 18.3 Å². The Morgan fingerprint density at radius 1 is 1.44 bits per heavy atom. The summed E-state index contributed by atoms with van der Waals surface area (Å²) in [6, 6.07) is 7.39. The quantitative estimate of drug-likeness (QED) is 0.360. The van der Waals surface area contributed by atoms with Gasteiger partial charge in [-0.05, 0) is 25.0 Å². The Labute approximate surface area is 107 Å². The number of hydrogen-bond acceptors (Lipinski definition) is 3. The summed E-state index contributed by atoms with van der Waals surface area (Å²) in [5.41, 5.74) is 7.03. The molecular formula is C13H19N3O2. The summed E-state index contributed by atoms with van der Waals surface area (Å²) >= 11 is 0. The molecule has 0 heterocycles. The van der Waals surface area contributed by atoms with Crippen LogP contribution in [0.5, 0.6) is 0 Å². The topological polar surface area (TPSA) is 78.9 Å². The van der Waals surface area contributed by atoms with Gasteiger partial charge in [0.05, 0.1) is 6.54 Å². The highest BCUT2D eigenvalue weighted by molar-refractivity contribution is 5.98. The minimum atomic E-state index is -0.0958. The van der Waals surface area contributed by atoms with Crippen molar-refractivity contribution >= 4 is 11.7 Å². The summed E-state index contributed by atoms with van der Waals surface area (Å²) in [6.45, 7) is 4.58. The van der Waals surface area contributed by atoms with Crippen LogP contribution in [0.3, 0.4) is 0 Å². The first kappa shape index (κ1) is 14.0. The number of amidine groups is 1. The van der Waals surface area contributed by atoms with Gasteiger partial charge in [0, 0.05) is 12.1 Å². The molecule has 1 aromatic carbocycles. The molecule has 0 aliphatic rings. The molecule has 0 aliphatic carbocycles. The fraction of sp³-hybridized carbons (Fsp3) is 0.385. The molecule has 1 rings (SSSR count). The monoisotopic (exact) mass is 249 g/mol. The number of hydrogen-bond donors (Lipinski definition) is 2. The van der Waals surface area contributed by atoms with Crippen molar-refractivity contribution < 1.29 is 10.0 Å². The van der Waals surface area contributed by atoms with E-state index in [4.69, 9.17) is 10.9 Å². The lowest BCUT2D eigenvalue weighted by Gasteiger charge is -2.22. The van der Waals surface area contributed by atoms with Crippen molar-refractivity contribution in [3.8, 4) is 0 Å². The van der Waals surface area contributed by atoms with Crippen LogP contribution in [-0.4, -0.2) is 34.9 Å². The molecule has 5 heteroatoms. The van der Waals surface area contributed by atoms with Gasteiger partial charge >= 0.3 is 0 Å². The second kappa shape index (κ2) is 6.64. The first-order valence-corrected chi connectivity index (χ1v) is 5.91. The van der Waals surface area contributed by atoms with Crippen molar-refractivity contribution in [1.29, 1.82) is 0 Å². The van der Waals surface area contributed by atoms with E-state index in [1.807, 2.05) is 32.0 Å². The minimum absolute atomic E-state index is 0.0328. The van der Waals surface area contributed by atoms with Crippen LogP contribution in [0, 0.1) is 6.92 Å². The fourth-order valence-corrected chi connectivity index (χ4v) is 1.73. The van der Waals surface area contributed by atoms with Gasteiger partial charge in [-0.25, -0.2) is 0 Å². The van der Waals surface area contributed by atoms with Crippen LogP contribution in [0.25, 0.3) is 0 Å². The number of rotatable bonds is 5. The second-order valence-corrected chi connectivity index (χ2v) is 4.13. The van der Waals surface area contributed by atoms with Crippen molar-refractivity contribution in [2.45, 2.75) is 20.3 Å². The van der Waals surface area contributed by atoms with Crippen LogP contribution in [0.4, 0.5) is 0 Å². The number of carbonyl (C=O) groups is 1. The number of nitrogens with two attached hydrogens (primary N) is 1. The predicted octanol–water partition coefficient (Wildman–Crippen LogP) is 1.59. The molecule has 0 spiro atoms. The molecule has 18 heavy (non-hydrogen) atoms. The third kappa shape index (κ3) is 3.48. The van der Waals surface area contributed by atoms with Crippen molar-refractivity contribution in [3.63, 3.8) is 0 Å². The normalized spacial score (nSPS) is 11.3. The van der Waals surface area contributed by atoms with E-state index < -0.39 is 0 Å². The van der Waals surface area contributed by atoms with Crippen LogP contribution < -0.4 is 5.73 Å². The molecule has 0 bridgehead atoms. The molecule has 0 aliphatic heterocycles. The lowest BCUT2D eigenvalue weighted by Crippen LogP contribution is -2.39. The van der Waals surface area contributed by atoms with Crippen molar-refractivity contribution in [2.75, 3.05) is 13.1 Å². The number of carbonyl (C=O) groups excluding carboxylic acids is 1. The highest BCUT2D eigenvalue weighted by Gasteiger charge is 2.17. The van der Waals surface area contributed by atoms with Gasteiger partial charge in [-0.2, -0.15) is 0 Å². The Bertz CT molecular complexity index is 444. The molecule has 98 valence electrons. The van der Waals surface area contributed by atoms with Gasteiger partial charge in [0.25, 0.3) is 5.91 Å². The molecule has 0 atom stereocenters. The van der Waals surface area contributed by atoms with Crippen molar-refractivity contribution in [3.05, 3.63) is 35.4 Å². The summed E-state index contributed by atoms with van der Waals surface area (Å²) in [5, 5.41) is 11.5. The lowest BCUT2D eigenvalue weighted by atomic mass is 10.1. The number of nitrogens with zero attached hydrogens (tertiary/aromatic N) is 2. The van der Waals surface area contributed by atoms with Gasteiger partial charge < -0.3 is 15.8 Å². The van der Waals surface area contributed by atoms with E-state index >= 15 is 0 Å². The Kier molecular flexibility index (Phi) is 5.17. The summed E-state index contributed by atoms with van der Waals surface area (Å²) in [6.07, 6.45) is 0.816. The summed E-state index contributed by atoms with van der Waals surface area (Å²) in [4.78, 5) is 13.9. The first-order chi connectivity index (χ1) is 8.60. The molecule has 0 radical (unpaired) electrons. The Hall–Kier alpha value is -2.04. The fourth-order valence-electron chi connectivity index (χ4n) is 1.73. The molecule has 3 N–H and O–H groups in total. The summed E-state index contributed by atoms with van der Waals surface area (Å²) in [5.74, 6) is -0.0630. The smallest absolute Gasteiger partial charge is 0.254 e. The Morgan fingerprint density at radius 3 is 2.67 bits per heavy atom. The highest BCUT2D eigenvalue weighted by atomic mass is 16.4. The number of benzene rings is 1. The van der Waals surface area contributed by atoms with E-state index in [1.165, 1.54) is 0 Å². The van der Waals surface area contributed by atoms with E-state index in [9.17, 15) is 4.79 Å². The van der Waals surface area contributed by atoms with Gasteiger partial charge in [0.1, 0.15) is 0 Å². The number of aryl methyl sites for hydroxylation is 1. The van der Waals surface area contributed by atoms with Crippen LogP contribution in [0.1, 0.15) is 29.3 Å². The average Bonchev–Trinajstić information content (AvgIpc) is 2.38. The van der Waals surface area contributed by atoms with Crippen molar-refractivity contribution in [2.24, 2.45) is 10.9 Å². The van der Waals surface area contributed by atoms with Crippen LogP contribution >= 0.6 is 0 Å². The first-order valence-electron chi connectivity index (χ1n) is 5.91. The van der Waals surface area contributed by atoms with Gasteiger partial charge in [0.2, 0.25) is 0 Å². The van der Waals surface area contributed by atoms with Gasteiger partial charge in [0.15, 0.2) is 5.84 Å². The highest BCUT2D eigenvalue weighted by Crippen LogP contribution is 2.10. The predicted molar refractivity (Wildman–Crippen MR) is 70.8 cm³/mol. The molecule has 0 aromatic heterocycles. The number of oxime groups is 1. The van der Waals surface area contributed by atoms with Gasteiger partial charge in [-0.15, -0.1) is 0 Å². The molecule has 0 saturated heterocycles. The van der Waals surface area contributed by atoms with E-state index in [0.29, 0.717) is 12.1 Å². The van der Waals surface area contributed by atoms with E-state index in [1.54, 1.807) is 11.0 Å². The lowest BCUT2D eigenvalue weighted by molar-refractivity contribution is 0.0777. The van der Waals surface area contributed by atoms with Gasteiger partial charge in [-0.1, -0.05) is 30.3 Å². The molecule has 0 saturated carbocycles. The average molecular weight is 249 g/mol. The van der Waals surface area contributed by atoms with Crippen LogP contribution in [0.15, 0.2) is 29.4 Å². The zero-order valence-electron chi connectivity index (χ0n) is 10.8. The van der Waals surface area contributed by atoms with Gasteiger partial charge in [-0.3, -0.25) is 4.79 Å². The minimum Gasteiger partial charge on any atom is -0.409 e. The van der Waals surface area contributed by atoms with E-state index in [0.717, 1.165) is 12.0 Å². The third-order valence-corrected chi connectivity index (χ3v) is 2.64. The molecular weight excluding hydrogens is 230 g/mol. The molecule has 0 unspecified atom stereocenters. The SMILES string of the molecule is CCCN(CC(N)=NO)C(=O)c1ccccc1C. The summed E-state index contributed by atoms with van der Waals surface area (Å²) < 4.78 is 0. The number of amides is 1. The van der Waals surface area contributed by atoms with E-state index in [2.05, 4.69) is 5.16 Å². The third-order valence-electron chi connectivity index (χ3n) is 2.64. The molecule has 0 fully saturated rings. The zero-order valence-corrected chi connectivity index (χ0v) is 10.8. The Balaban J connectivity index is 2.92. The summed E-state index contributed by atoms with van der Waals surface area (Å²) in [7, 11) is 0. The molecule has 1 amide bonds. The molecule has 5 nitrogen and oxygen atoms in total. The zero-order chi connectivity index (χ0) is 13.5. The van der Waals surface area contributed by atoms with Crippen LogP contribution in [0.2, 0.25) is 0 Å². The Morgan fingerprint density at radius 2 is 2.11 bits per heavy atom. The van der Waals surface area contributed by atoms with Crippen LogP contribution in [-0.2, 0) is 0 Å². The maximum Gasteiger partial charge on any atom is 0.254 e. The van der Waals surface area contributed by atoms with Crippen molar-refractivity contribution in [1.82, 2.24) is 4.90 Å². The largest absolute Gasteiger partial charge is 0.409 e. The maximum absolute atomic E-state index is 12.3. The standard InChI is InChI=1S/C13H19N3O2/c1-3-8-16(9-12(14)15-18)13(17)11-7-5-4-6-10(11)2/h4-7,18H,3,8-9H2,1-2H3,(H2,14,15). The molecule has 1 aromatic rings. The second-order valence-electron chi connectivity index (χ2n) is 4.13.